The molecule has 0 saturated heterocycles. The van der Waals surface area contributed by atoms with Crippen molar-refractivity contribution in [3.63, 3.8) is 0 Å². The van der Waals surface area contributed by atoms with Gasteiger partial charge in [-0.05, 0) is 54.5 Å². The van der Waals surface area contributed by atoms with Crippen LogP contribution >= 0.6 is 0 Å². The van der Waals surface area contributed by atoms with E-state index in [1.54, 1.807) is 12.2 Å². The molecule has 0 fully saturated rings. The molecular formula is C24H23NO2. The van der Waals surface area contributed by atoms with Crippen LogP contribution in [0.2, 0.25) is 0 Å². The highest BCUT2D eigenvalue weighted by molar-refractivity contribution is 5.78. The molecule has 2 aromatic carbocycles. The van der Waals surface area contributed by atoms with Crippen molar-refractivity contribution in [2.24, 2.45) is 0 Å². The smallest absolute Gasteiger partial charge is 0.130 e. The summed E-state index contributed by atoms with van der Waals surface area (Å²) in [6.45, 7) is 10.5. The molecule has 0 unspecified atom stereocenters. The fourth-order valence-corrected chi connectivity index (χ4v) is 2.60. The zero-order valence-corrected chi connectivity index (χ0v) is 15.5. The SMILES string of the molecule is C=C/C(C)=C(\C=C)COc1ccc(OCc2ccc3ccccc3n2)cc1. The number of hydrogen-bond donors (Lipinski definition) is 0. The summed E-state index contributed by atoms with van der Waals surface area (Å²) in [6, 6.07) is 19.7. The molecule has 0 aliphatic heterocycles. The fraction of sp³-hybridized carbons (Fsp3) is 0.125. The quantitative estimate of drug-likeness (QED) is 0.472. The van der Waals surface area contributed by atoms with Crippen molar-refractivity contribution >= 4 is 10.9 Å². The summed E-state index contributed by atoms with van der Waals surface area (Å²) < 4.78 is 11.6. The van der Waals surface area contributed by atoms with E-state index in [1.807, 2.05) is 55.5 Å². The Morgan fingerprint density at radius 1 is 0.889 bits per heavy atom. The van der Waals surface area contributed by atoms with E-state index in [2.05, 4.69) is 30.3 Å². The molecule has 0 atom stereocenters. The lowest BCUT2D eigenvalue weighted by atomic mass is 10.1. The van der Waals surface area contributed by atoms with Gasteiger partial charge in [0.05, 0.1) is 11.2 Å². The third-order valence-corrected chi connectivity index (χ3v) is 4.32. The summed E-state index contributed by atoms with van der Waals surface area (Å²) in [5.74, 6) is 1.56. The molecule has 0 bridgehead atoms. The highest BCUT2D eigenvalue weighted by Gasteiger charge is 2.02. The molecule has 3 rings (SSSR count). The van der Waals surface area contributed by atoms with E-state index in [1.165, 1.54) is 0 Å². The molecule has 3 aromatic rings. The number of aromatic nitrogens is 1. The van der Waals surface area contributed by atoms with Crippen molar-refractivity contribution in [2.75, 3.05) is 6.61 Å². The van der Waals surface area contributed by atoms with Gasteiger partial charge in [-0.15, -0.1) is 0 Å². The lowest BCUT2D eigenvalue weighted by Crippen LogP contribution is -2.01. The van der Waals surface area contributed by atoms with E-state index >= 15 is 0 Å². The van der Waals surface area contributed by atoms with E-state index in [0.29, 0.717) is 13.2 Å². The van der Waals surface area contributed by atoms with Crippen molar-refractivity contribution in [2.45, 2.75) is 13.5 Å². The number of ether oxygens (including phenoxy) is 2. The third-order valence-electron chi connectivity index (χ3n) is 4.32. The summed E-state index contributed by atoms with van der Waals surface area (Å²) in [5.41, 5.74) is 3.96. The standard InChI is InChI=1S/C24H23NO2/c1-4-18(3)19(5-2)16-26-22-12-14-23(15-13-22)27-17-21-11-10-20-8-6-7-9-24(20)25-21/h4-15H,1-2,16-17H2,3H3/b19-18+. The number of pyridine rings is 1. The summed E-state index contributed by atoms with van der Waals surface area (Å²) in [5, 5.41) is 1.13. The van der Waals surface area contributed by atoms with Gasteiger partial charge >= 0.3 is 0 Å². The number of para-hydroxylation sites is 1. The van der Waals surface area contributed by atoms with Crippen LogP contribution in [0.15, 0.2) is 97.1 Å². The maximum absolute atomic E-state index is 5.84. The Labute approximate surface area is 160 Å². The first-order valence-electron chi connectivity index (χ1n) is 8.84. The van der Waals surface area contributed by atoms with Crippen LogP contribution in [-0.4, -0.2) is 11.6 Å². The molecule has 3 nitrogen and oxygen atoms in total. The van der Waals surface area contributed by atoms with E-state index in [4.69, 9.17) is 9.47 Å². The van der Waals surface area contributed by atoms with Gasteiger partial charge in [0.1, 0.15) is 24.7 Å². The first kappa shape index (κ1) is 18.5. The van der Waals surface area contributed by atoms with Crippen molar-refractivity contribution in [3.8, 4) is 11.5 Å². The Hall–Kier alpha value is -3.33. The molecule has 1 aromatic heterocycles. The van der Waals surface area contributed by atoms with Crippen LogP contribution in [0.3, 0.4) is 0 Å². The van der Waals surface area contributed by atoms with Crippen LogP contribution < -0.4 is 9.47 Å². The number of nitrogens with zero attached hydrogens (tertiary/aromatic N) is 1. The molecule has 0 saturated carbocycles. The number of benzene rings is 2. The maximum atomic E-state index is 5.84. The van der Waals surface area contributed by atoms with Gasteiger partial charge in [0.25, 0.3) is 0 Å². The second-order valence-electron chi connectivity index (χ2n) is 6.16. The van der Waals surface area contributed by atoms with Gasteiger partial charge in [-0.1, -0.05) is 49.6 Å². The highest BCUT2D eigenvalue weighted by Crippen LogP contribution is 2.20. The van der Waals surface area contributed by atoms with Crippen LogP contribution in [0.25, 0.3) is 10.9 Å². The van der Waals surface area contributed by atoms with Gasteiger partial charge < -0.3 is 9.47 Å². The largest absolute Gasteiger partial charge is 0.489 e. The Morgan fingerprint density at radius 2 is 1.59 bits per heavy atom. The Bertz CT molecular complexity index is 971. The van der Waals surface area contributed by atoms with Gasteiger partial charge in [-0.2, -0.15) is 0 Å². The topological polar surface area (TPSA) is 31.4 Å². The van der Waals surface area contributed by atoms with Crippen molar-refractivity contribution in [3.05, 3.63) is 103 Å². The predicted octanol–water partition coefficient (Wildman–Crippen LogP) is 5.88. The van der Waals surface area contributed by atoms with Crippen LogP contribution in [0.1, 0.15) is 12.6 Å². The summed E-state index contributed by atoms with van der Waals surface area (Å²) >= 11 is 0. The van der Waals surface area contributed by atoms with Crippen LogP contribution in [0.5, 0.6) is 11.5 Å². The van der Waals surface area contributed by atoms with E-state index in [-0.39, 0.29) is 0 Å². The molecule has 27 heavy (non-hydrogen) atoms. The minimum atomic E-state index is 0.424. The van der Waals surface area contributed by atoms with Crippen molar-refractivity contribution in [1.29, 1.82) is 0 Å². The first-order chi connectivity index (χ1) is 13.2. The lowest BCUT2D eigenvalue weighted by molar-refractivity contribution is 0.300. The minimum absolute atomic E-state index is 0.424. The van der Waals surface area contributed by atoms with E-state index < -0.39 is 0 Å². The molecule has 0 spiro atoms. The fourth-order valence-electron chi connectivity index (χ4n) is 2.60. The third kappa shape index (κ3) is 4.85. The van der Waals surface area contributed by atoms with Gasteiger partial charge in [-0.25, -0.2) is 4.98 Å². The molecule has 0 radical (unpaired) electrons. The monoisotopic (exact) mass is 357 g/mol. The van der Waals surface area contributed by atoms with Crippen LogP contribution in [-0.2, 0) is 6.61 Å². The van der Waals surface area contributed by atoms with Gasteiger partial charge in [-0.3, -0.25) is 0 Å². The molecule has 3 heteroatoms. The Balaban J connectivity index is 1.58. The predicted molar refractivity (Wildman–Crippen MR) is 111 cm³/mol. The molecule has 0 amide bonds. The number of rotatable bonds is 8. The normalized spacial score (nSPS) is 11.6. The Kier molecular flexibility index (Phi) is 6.06. The lowest BCUT2D eigenvalue weighted by Gasteiger charge is -2.10. The first-order valence-corrected chi connectivity index (χ1v) is 8.84. The summed E-state index contributed by atoms with van der Waals surface area (Å²) in [7, 11) is 0. The molecule has 1 heterocycles. The molecular weight excluding hydrogens is 334 g/mol. The van der Waals surface area contributed by atoms with Crippen molar-refractivity contribution < 1.29 is 9.47 Å². The average molecular weight is 357 g/mol. The van der Waals surface area contributed by atoms with Crippen LogP contribution in [0.4, 0.5) is 0 Å². The molecule has 0 aliphatic carbocycles. The molecule has 0 N–H and O–H groups in total. The Morgan fingerprint density at radius 3 is 2.30 bits per heavy atom. The second-order valence-corrected chi connectivity index (χ2v) is 6.16. The van der Waals surface area contributed by atoms with Crippen molar-refractivity contribution in [1.82, 2.24) is 4.98 Å². The molecule has 0 aliphatic rings. The molecule has 136 valence electrons. The zero-order valence-electron chi connectivity index (χ0n) is 15.5. The van der Waals surface area contributed by atoms with Gasteiger partial charge in [0.2, 0.25) is 0 Å². The van der Waals surface area contributed by atoms with Gasteiger partial charge in [0, 0.05) is 5.39 Å². The number of fused-ring (bicyclic) bond motifs is 1. The summed E-state index contributed by atoms with van der Waals surface area (Å²) in [4.78, 5) is 4.62. The zero-order chi connectivity index (χ0) is 19.1. The maximum Gasteiger partial charge on any atom is 0.130 e. The van der Waals surface area contributed by atoms with E-state index in [9.17, 15) is 0 Å². The average Bonchev–Trinajstić information content (AvgIpc) is 2.73. The second kappa shape index (κ2) is 8.86. The number of allylic oxidation sites excluding steroid dienone is 2. The van der Waals surface area contributed by atoms with E-state index in [0.717, 1.165) is 39.2 Å². The summed E-state index contributed by atoms with van der Waals surface area (Å²) in [6.07, 6.45) is 3.60. The highest BCUT2D eigenvalue weighted by atomic mass is 16.5. The van der Waals surface area contributed by atoms with Crippen LogP contribution in [0, 0.1) is 0 Å². The number of hydrogen-bond acceptors (Lipinski definition) is 3. The van der Waals surface area contributed by atoms with Gasteiger partial charge in [0.15, 0.2) is 0 Å². The minimum Gasteiger partial charge on any atom is -0.489 e.